The molecule has 1 aromatic carbocycles. The number of hydrogen-bond acceptors (Lipinski definition) is 2. The van der Waals surface area contributed by atoms with Crippen molar-refractivity contribution in [1.82, 2.24) is 5.32 Å². The lowest BCUT2D eigenvalue weighted by molar-refractivity contribution is 0.730. The van der Waals surface area contributed by atoms with E-state index in [0.29, 0.717) is 0 Å². The van der Waals surface area contributed by atoms with Crippen LogP contribution in [0.25, 0.3) is 0 Å². The zero-order valence-corrected chi connectivity index (χ0v) is 11.7. The molecule has 0 saturated heterocycles. The number of rotatable bonds is 7. The monoisotopic (exact) mass is 234 g/mol. The van der Waals surface area contributed by atoms with Crippen molar-refractivity contribution in [3.63, 3.8) is 0 Å². The van der Waals surface area contributed by atoms with Crippen molar-refractivity contribution >= 4 is 5.69 Å². The number of aryl methyl sites for hydroxylation is 1. The summed E-state index contributed by atoms with van der Waals surface area (Å²) < 4.78 is 0. The van der Waals surface area contributed by atoms with Crippen LogP contribution >= 0.6 is 0 Å². The standard InChI is InChI=1S/C15H26N2/c1-5-7-10-17(6-2)15-9-8-14(12-16-4)11-13(15)3/h8-9,11,16H,5-7,10,12H2,1-4H3. The van der Waals surface area contributed by atoms with E-state index in [1.807, 2.05) is 7.05 Å². The highest BCUT2D eigenvalue weighted by Crippen LogP contribution is 2.21. The van der Waals surface area contributed by atoms with Crippen molar-refractivity contribution in [2.24, 2.45) is 0 Å². The molecule has 0 amide bonds. The minimum absolute atomic E-state index is 0.947. The highest BCUT2D eigenvalue weighted by Gasteiger charge is 2.07. The Kier molecular flexibility index (Phi) is 6.06. The minimum atomic E-state index is 0.947. The maximum atomic E-state index is 3.19. The van der Waals surface area contributed by atoms with Gasteiger partial charge in [0.2, 0.25) is 0 Å². The average Bonchev–Trinajstić information content (AvgIpc) is 2.32. The Balaban J connectivity index is 2.81. The largest absolute Gasteiger partial charge is 0.372 e. The van der Waals surface area contributed by atoms with E-state index in [9.17, 15) is 0 Å². The number of unbranched alkanes of at least 4 members (excludes halogenated alkanes) is 1. The van der Waals surface area contributed by atoms with Crippen LogP contribution in [0.5, 0.6) is 0 Å². The van der Waals surface area contributed by atoms with Gasteiger partial charge in [0.25, 0.3) is 0 Å². The molecule has 1 aromatic rings. The second-order valence-corrected chi connectivity index (χ2v) is 4.58. The van der Waals surface area contributed by atoms with Gasteiger partial charge in [0, 0.05) is 25.3 Å². The molecule has 0 unspecified atom stereocenters. The van der Waals surface area contributed by atoms with Gasteiger partial charge in [0.05, 0.1) is 0 Å². The first kappa shape index (κ1) is 14.0. The van der Waals surface area contributed by atoms with Gasteiger partial charge in [-0.3, -0.25) is 0 Å². The summed E-state index contributed by atoms with van der Waals surface area (Å²) in [7, 11) is 1.99. The molecule has 0 heterocycles. The van der Waals surface area contributed by atoms with Crippen LogP contribution in [0.3, 0.4) is 0 Å². The Labute approximate surface area is 106 Å². The second-order valence-electron chi connectivity index (χ2n) is 4.58. The molecule has 2 heteroatoms. The third kappa shape index (κ3) is 4.04. The summed E-state index contributed by atoms with van der Waals surface area (Å²) in [6, 6.07) is 6.79. The van der Waals surface area contributed by atoms with Crippen molar-refractivity contribution in [1.29, 1.82) is 0 Å². The van der Waals surface area contributed by atoms with Crippen LogP contribution in [0.15, 0.2) is 18.2 Å². The third-order valence-electron chi connectivity index (χ3n) is 3.15. The Morgan fingerprint density at radius 3 is 2.53 bits per heavy atom. The fourth-order valence-corrected chi connectivity index (χ4v) is 2.18. The van der Waals surface area contributed by atoms with E-state index < -0.39 is 0 Å². The SMILES string of the molecule is CCCCN(CC)c1ccc(CNC)cc1C. The summed E-state index contributed by atoms with van der Waals surface area (Å²) in [5.41, 5.74) is 4.14. The van der Waals surface area contributed by atoms with E-state index in [4.69, 9.17) is 0 Å². The summed E-state index contributed by atoms with van der Waals surface area (Å²) in [5.74, 6) is 0. The van der Waals surface area contributed by atoms with Crippen LogP contribution < -0.4 is 10.2 Å². The van der Waals surface area contributed by atoms with Crippen LogP contribution in [0.2, 0.25) is 0 Å². The predicted molar refractivity (Wildman–Crippen MR) is 76.7 cm³/mol. The first-order valence-electron chi connectivity index (χ1n) is 6.72. The summed E-state index contributed by atoms with van der Waals surface area (Å²) in [6.45, 7) is 9.89. The number of nitrogens with zero attached hydrogens (tertiary/aromatic N) is 1. The Morgan fingerprint density at radius 2 is 2.00 bits per heavy atom. The van der Waals surface area contributed by atoms with Crippen LogP contribution in [0.4, 0.5) is 5.69 Å². The number of nitrogens with one attached hydrogen (secondary N) is 1. The van der Waals surface area contributed by atoms with E-state index in [-0.39, 0.29) is 0 Å². The Morgan fingerprint density at radius 1 is 1.24 bits per heavy atom. The van der Waals surface area contributed by atoms with E-state index in [1.54, 1.807) is 0 Å². The zero-order chi connectivity index (χ0) is 12.7. The van der Waals surface area contributed by atoms with E-state index in [2.05, 4.69) is 49.2 Å². The molecule has 2 nitrogen and oxygen atoms in total. The molecular formula is C15H26N2. The number of anilines is 1. The first-order valence-corrected chi connectivity index (χ1v) is 6.72. The highest BCUT2D eigenvalue weighted by molar-refractivity contribution is 5.54. The van der Waals surface area contributed by atoms with Crippen LogP contribution in [-0.4, -0.2) is 20.1 Å². The Hall–Kier alpha value is -1.02. The first-order chi connectivity index (χ1) is 8.22. The summed E-state index contributed by atoms with van der Waals surface area (Å²) in [4.78, 5) is 2.47. The lowest BCUT2D eigenvalue weighted by Crippen LogP contribution is -2.24. The molecular weight excluding hydrogens is 208 g/mol. The van der Waals surface area contributed by atoms with Crippen molar-refractivity contribution in [2.75, 3.05) is 25.0 Å². The molecule has 0 radical (unpaired) electrons. The molecule has 17 heavy (non-hydrogen) atoms. The van der Waals surface area contributed by atoms with Gasteiger partial charge in [0.15, 0.2) is 0 Å². The smallest absolute Gasteiger partial charge is 0.0396 e. The predicted octanol–water partition coefficient (Wildman–Crippen LogP) is 3.34. The number of benzene rings is 1. The average molecular weight is 234 g/mol. The van der Waals surface area contributed by atoms with E-state index >= 15 is 0 Å². The van der Waals surface area contributed by atoms with E-state index in [1.165, 1.54) is 36.2 Å². The lowest BCUT2D eigenvalue weighted by atomic mass is 10.1. The molecule has 0 bridgehead atoms. The van der Waals surface area contributed by atoms with Crippen LogP contribution in [-0.2, 0) is 6.54 Å². The molecule has 1 N–H and O–H groups in total. The summed E-state index contributed by atoms with van der Waals surface area (Å²) >= 11 is 0. The van der Waals surface area contributed by atoms with Gasteiger partial charge < -0.3 is 10.2 Å². The van der Waals surface area contributed by atoms with Crippen molar-refractivity contribution < 1.29 is 0 Å². The normalized spacial score (nSPS) is 10.6. The van der Waals surface area contributed by atoms with Gasteiger partial charge in [-0.25, -0.2) is 0 Å². The molecule has 0 aliphatic heterocycles. The lowest BCUT2D eigenvalue weighted by Gasteiger charge is -2.25. The molecule has 0 atom stereocenters. The number of hydrogen-bond donors (Lipinski definition) is 1. The molecule has 0 aliphatic carbocycles. The quantitative estimate of drug-likeness (QED) is 0.778. The van der Waals surface area contributed by atoms with Gasteiger partial charge in [-0.15, -0.1) is 0 Å². The molecule has 96 valence electrons. The zero-order valence-electron chi connectivity index (χ0n) is 11.7. The van der Waals surface area contributed by atoms with Gasteiger partial charge >= 0.3 is 0 Å². The molecule has 0 fully saturated rings. The van der Waals surface area contributed by atoms with Crippen molar-refractivity contribution in [2.45, 2.75) is 40.2 Å². The second kappa shape index (κ2) is 7.33. The summed E-state index contributed by atoms with van der Waals surface area (Å²) in [5, 5.41) is 3.19. The maximum Gasteiger partial charge on any atom is 0.0396 e. The van der Waals surface area contributed by atoms with Gasteiger partial charge in [-0.1, -0.05) is 25.5 Å². The van der Waals surface area contributed by atoms with Gasteiger partial charge in [-0.2, -0.15) is 0 Å². The molecule has 0 aliphatic rings. The Bertz CT molecular complexity index is 334. The minimum Gasteiger partial charge on any atom is -0.372 e. The van der Waals surface area contributed by atoms with E-state index in [0.717, 1.165) is 13.1 Å². The highest BCUT2D eigenvalue weighted by atomic mass is 15.1. The topological polar surface area (TPSA) is 15.3 Å². The molecule has 0 spiro atoms. The third-order valence-corrected chi connectivity index (χ3v) is 3.15. The summed E-state index contributed by atoms with van der Waals surface area (Å²) in [6.07, 6.45) is 2.53. The van der Waals surface area contributed by atoms with Gasteiger partial charge in [-0.05, 0) is 44.5 Å². The fourth-order valence-electron chi connectivity index (χ4n) is 2.18. The van der Waals surface area contributed by atoms with Crippen molar-refractivity contribution in [3.8, 4) is 0 Å². The molecule has 0 aromatic heterocycles. The van der Waals surface area contributed by atoms with Crippen LogP contribution in [0, 0.1) is 6.92 Å². The molecule has 0 saturated carbocycles. The van der Waals surface area contributed by atoms with Crippen LogP contribution in [0.1, 0.15) is 37.8 Å². The maximum absolute atomic E-state index is 3.19. The van der Waals surface area contributed by atoms with Crippen molar-refractivity contribution in [3.05, 3.63) is 29.3 Å². The van der Waals surface area contributed by atoms with Gasteiger partial charge in [0.1, 0.15) is 0 Å². The fraction of sp³-hybridized carbons (Fsp3) is 0.600. The molecule has 1 rings (SSSR count).